The number of nitrogens with one attached hydrogen (secondary N) is 2. The fourth-order valence-electron chi connectivity index (χ4n) is 2.04. The SMILES string of the molecule is CC(C)C=NN(CCOC(=O)Nc1ccccc1)C(=O)Nc1ccccc1. The van der Waals surface area contributed by atoms with Crippen molar-refractivity contribution < 1.29 is 14.3 Å². The number of para-hydroxylation sites is 2. The Morgan fingerprint density at radius 1 is 1.00 bits per heavy atom. The maximum absolute atomic E-state index is 12.4. The van der Waals surface area contributed by atoms with Crippen molar-refractivity contribution in [1.29, 1.82) is 0 Å². The van der Waals surface area contributed by atoms with E-state index in [0.717, 1.165) is 0 Å². The van der Waals surface area contributed by atoms with Gasteiger partial charge >= 0.3 is 12.1 Å². The van der Waals surface area contributed by atoms with Crippen LogP contribution in [0.2, 0.25) is 0 Å². The van der Waals surface area contributed by atoms with E-state index in [-0.39, 0.29) is 19.1 Å². The molecule has 3 amide bonds. The molecule has 0 aromatic heterocycles. The summed E-state index contributed by atoms with van der Waals surface area (Å²) in [6.07, 6.45) is 1.08. The van der Waals surface area contributed by atoms with E-state index in [2.05, 4.69) is 15.7 Å². The Bertz CT molecular complexity index is 748. The molecule has 0 saturated heterocycles. The third kappa shape index (κ3) is 7.60. The van der Waals surface area contributed by atoms with Gasteiger partial charge in [0.1, 0.15) is 6.61 Å². The highest BCUT2D eigenvalue weighted by atomic mass is 16.5. The largest absolute Gasteiger partial charge is 0.447 e. The summed E-state index contributed by atoms with van der Waals surface area (Å²) in [4.78, 5) is 24.3. The fraction of sp³-hybridized carbons (Fsp3) is 0.250. The summed E-state index contributed by atoms with van der Waals surface area (Å²) in [6, 6.07) is 17.7. The van der Waals surface area contributed by atoms with Gasteiger partial charge in [0, 0.05) is 17.6 Å². The summed E-state index contributed by atoms with van der Waals surface area (Å²) < 4.78 is 5.14. The van der Waals surface area contributed by atoms with Crippen LogP contribution in [-0.4, -0.2) is 36.5 Å². The Labute approximate surface area is 159 Å². The number of carbonyl (C=O) groups is 2. The average Bonchev–Trinajstić information content (AvgIpc) is 2.65. The normalized spacial score (nSPS) is 10.6. The number of amides is 3. The van der Waals surface area contributed by atoms with Crippen LogP contribution in [0, 0.1) is 5.92 Å². The zero-order valence-corrected chi connectivity index (χ0v) is 15.5. The number of nitrogens with zero attached hydrogens (tertiary/aromatic N) is 2. The number of hydrogen-bond acceptors (Lipinski definition) is 4. The first-order valence-corrected chi connectivity index (χ1v) is 8.71. The molecule has 7 nitrogen and oxygen atoms in total. The Morgan fingerprint density at radius 2 is 1.56 bits per heavy atom. The van der Waals surface area contributed by atoms with Gasteiger partial charge in [0.25, 0.3) is 0 Å². The van der Waals surface area contributed by atoms with Crippen LogP contribution in [0.3, 0.4) is 0 Å². The van der Waals surface area contributed by atoms with Gasteiger partial charge in [-0.25, -0.2) is 14.6 Å². The number of anilines is 2. The first-order chi connectivity index (χ1) is 13.0. The minimum absolute atomic E-state index is 0.0102. The molecule has 0 aliphatic carbocycles. The number of rotatable bonds is 7. The summed E-state index contributed by atoms with van der Waals surface area (Å²) in [5.74, 6) is 0.180. The van der Waals surface area contributed by atoms with Crippen molar-refractivity contribution in [3.05, 3.63) is 60.7 Å². The van der Waals surface area contributed by atoms with Crippen molar-refractivity contribution in [2.45, 2.75) is 13.8 Å². The average molecular weight is 368 g/mol. The van der Waals surface area contributed by atoms with E-state index in [1.54, 1.807) is 30.5 Å². The van der Waals surface area contributed by atoms with Gasteiger partial charge in [-0.1, -0.05) is 50.2 Å². The Kier molecular flexibility index (Phi) is 7.84. The molecule has 2 aromatic rings. The predicted octanol–water partition coefficient (Wildman–Crippen LogP) is 4.41. The van der Waals surface area contributed by atoms with Crippen molar-refractivity contribution >= 4 is 29.7 Å². The van der Waals surface area contributed by atoms with E-state index in [1.165, 1.54) is 5.01 Å². The van der Waals surface area contributed by atoms with Crippen molar-refractivity contribution in [3.63, 3.8) is 0 Å². The third-order valence-electron chi connectivity index (χ3n) is 3.32. The molecule has 0 aliphatic heterocycles. The molecule has 27 heavy (non-hydrogen) atoms. The Hall–Kier alpha value is -3.35. The third-order valence-corrected chi connectivity index (χ3v) is 3.32. The summed E-state index contributed by atoms with van der Waals surface area (Å²) in [5, 5.41) is 10.8. The molecular weight excluding hydrogens is 344 g/mol. The minimum atomic E-state index is -0.586. The predicted molar refractivity (Wildman–Crippen MR) is 107 cm³/mol. The lowest BCUT2D eigenvalue weighted by Crippen LogP contribution is -2.34. The maximum atomic E-state index is 12.4. The molecule has 0 saturated carbocycles. The second-order valence-electron chi connectivity index (χ2n) is 6.05. The molecule has 0 radical (unpaired) electrons. The number of hydrazone groups is 1. The molecule has 2 N–H and O–H groups in total. The molecule has 0 fully saturated rings. The van der Waals surface area contributed by atoms with Crippen LogP contribution in [0.15, 0.2) is 65.8 Å². The second kappa shape index (κ2) is 10.6. The Morgan fingerprint density at radius 3 is 2.11 bits per heavy atom. The molecule has 0 bridgehead atoms. The van der Waals surface area contributed by atoms with E-state index >= 15 is 0 Å². The molecule has 142 valence electrons. The highest BCUT2D eigenvalue weighted by molar-refractivity contribution is 5.89. The molecule has 2 rings (SSSR count). The highest BCUT2D eigenvalue weighted by Gasteiger charge is 2.14. The van der Waals surface area contributed by atoms with Gasteiger partial charge in [-0.05, 0) is 30.2 Å². The molecule has 7 heteroatoms. The van der Waals surface area contributed by atoms with E-state index in [4.69, 9.17) is 4.74 Å². The zero-order chi connectivity index (χ0) is 19.5. The number of carbonyl (C=O) groups excluding carboxylic acids is 2. The number of urea groups is 1. The van der Waals surface area contributed by atoms with Gasteiger partial charge in [0.05, 0.1) is 6.54 Å². The molecule has 0 heterocycles. The van der Waals surface area contributed by atoms with Crippen LogP contribution in [0.4, 0.5) is 21.0 Å². The molecule has 2 aromatic carbocycles. The maximum Gasteiger partial charge on any atom is 0.411 e. The number of benzene rings is 2. The van der Waals surface area contributed by atoms with Crippen LogP contribution >= 0.6 is 0 Å². The first-order valence-electron chi connectivity index (χ1n) is 8.71. The van der Waals surface area contributed by atoms with E-state index < -0.39 is 12.1 Å². The van der Waals surface area contributed by atoms with Crippen LogP contribution < -0.4 is 10.6 Å². The molecule has 0 aliphatic rings. The van der Waals surface area contributed by atoms with E-state index in [1.807, 2.05) is 50.2 Å². The fourth-order valence-corrected chi connectivity index (χ4v) is 2.04. The topological polar surface area (TPSA) is 83.0 Å². The highest BCUT2D eigenvalue weighted by Crippen LogP contribution is 2.08. The van der Waals surface area contributed by atoms with Crippen molar-refractivity contribution in [2.24, 2.45) is 11.0 Å². The molecule has 0 unspecified atom stereocenters. The first kappa shape index (κ1) is 20.0. The van der Waals surface area contributed by atoms with Crippen molar-refractivity contribution in [1.82, 2.24) is 5.01 Å². The van der Waals surface area contributed by atoms with Crippen LogP contribution in [-0.2, 0) is 4.74 Å². The summed E-state index contributed by atoms with van der Waals surface area (Å²) in [7, 11) is 0. The number of ether oxygens (including phenoxy) is 1. The van der Waals surface area contributed by atoms with Gasteiger partial charge in [-0.3, -0.25) is 5.32 Å². The lowest BCUT2D eigenvalue weighted by atomic mass is 10.3. The monoisotopic (exact) mass is 368 g/mol. The van der Waals surface area contributed by atoms with E-state index in [0.29, 0.717) is 11.4 Å². The van der Waals surface area contributed by atoms with Crippen LogP contribution in [0.5, 0.6) is 0 Å². The van der Waals surface area contributed by atoms with Gasteiger partial charge in [-0.15, -0.1) is 0 Å². The van der Waals surface area contributed by atoms with Gasteiger partial charge in [-0.2, -0.15) is 5.10 Å². The van der Waals surface area contributed by atoms with Crippen molar-refractivity contribution in [3.8, 4) is 0 Å². The standard InChI is InChI=1S/C20H24N4O3/c1-16(2)15-21-24(19(25)22-17-9-5-3-6-10-17)13-14-27-20(26)23-18-11-7-4-8-12-18/h3-12,15-16H,13-14H2,1-2H3,(H,22,25)(H,23,26). The van der Waals surface area contributed by atoms with Crippen LogP contribution in [0.1, 0.15) is 13.8 Å². The number of hydrogen-bond donors (Lipinski definition) is 2. The van der Waals surface area contributed by atoms with Gasteiger partial charge in [0.15, 0.2) is 0 Å². The smallest absolute Gasteiger partial charge is 0.411 e. The van der Waals surface area contributed by atoms with Gasteiger partial charge < -0.3 is 10.1 Å². The minimum Gasteiger partial charge on any atom is -0.447 e. The second-order valence-corrected chi connectivity index (χ2v) is 6.05. The summed E-state index contributed by atoms with van der Waals surface area (Å²) >= 11 is 0. The summed E-state index contributed by atoms with van der Waals surface area (Å²) in [6.45, 7) is 4.06. The van der Waals surface area contributed by atoms with Crippen LogP contribution in [0.25, 0.3) is 0 Å². The molecule has 0 spiro atoms. The molecular formula is C20H24N4O3. The lowest BCUT2D eigenvalue weighted by molar-refractivity contribution is 0.145. The lowest BCUT2D eigenvalue weighted by Gasteiger charge is -2.18. The Balaban J connectivity index is 1.88. The van der Waals surface area contributed by atoms with Gasteiger partial charge in [0.2, 0.25) is 0 Å². The van der Waals surface area contributed by atoms with Crippen molar-refractivity contribution in [2.75, 3.05) is 23.8 Å². The van der Waals surface area contributed by atoms with E-state index in [9.17, 15) is 9.59 Å². The quantitative estimate of drug-likeness (QED) is 0.561. The zero-order valence-electron chi connectivity index (χ0n) is 15.5. The summed E-state index contributed by atoms with van der Waals surface area (Å²) in [5.41, 5.74) is 1.30. The molecule has 0 atom stereocenters.